The molecule has 2 aromatic carbocycles. The molecule has 0 saturated carbocycles. The molecule has 1 radical (unpaired) electrons. The molecule has 0 unspecified atom stereocenters. The molecule has 0 N–H and O–H groups in total. The lowest BCUT2D eigenvalue weighted by molar-refractivity contribution is 0.862. The van der Waals surface area contributed by atoms with Crippen LogP contribution >= 0.6 is 0 Å². The Balaban J connectivity index is 2.14. The van der Waals surface area contributed by atoms with Crippen LogP contribution in [0, 0.1) is 6.07 Å². The summed E-state index contributed by atoms with van der Waals surface area (Å²) in [5, 5.41) is 0. The van der Waals surface area contributed by atoms with Gasteiger partial charge < -0.3 is 0 Å². The zero-order valence-corrected chi connectivity index (χ0v) is 9.75. The molecule has 0 fully saturated rings. The van der Waals surface area contributed by atoms with Gasteiger partial charge in [-0.3, -0.25) is 0 Å². The van der Waals surface area contributed by atoms with Crippen molar-refractivity contribution in [1.29, 1.82) is 0 Å². The molecule has 2 aromatic rings. The molecule has 0 bridgehead atoms. The van der Waals surface area contributed by atoms with Gasteiger partial charge in [0.15, 0.2) is 0 Å². The van der Waals surface area contributed by atoms with E-state index in [0.29, 0.717) is 5.92 Å². The molecule has 1 aliphatic rings. The molecule has 0 amide bonds. The summed E-state index contributed by atoms with van der Waals surface area (Å²) in [6.07, 6.45) is 1.05. The van der Waals surface area contributed by atoms with Gasteiger partial charge >= 0.3 is 0 Å². The van der Waals surface area contributed by atoms with Crippen molar-refractivity contribution >= 4 is 0 Å². The fourth-order valence-electron chi connectivity index (χ4n) is 2.41. The topological polar surface area (TPSA) is 0 Å². The van der Waals surface area contributed by atoms with Crippen LogP contribution in [0.4, 0.5) is 0 Å². The lowest BCUT2D eigenvalue weighted by Crippen LogP contribution is -1.90. The number of hydrogen-bond donors (Lipinski definition) is 0. The smallest absolute Gasteiger partial charge is 0.000718 e. The first kappa shape index (κ1) is 9.65. The number of rotatable bonds is 1. The SMILES string of the molecule is CC(C)c1[c]c2c(cc1)-c1ccccc1C2. The van der Waals surface area contributed by atoms with E-state index in [1.165, 1.54) is 27.8 Å². The molecule has 0 nitrogen and oxygen atoms in total. The first-order chi connectivity index (χ1) is 7.75. The van der Waals surface area contributed by atoms with Gasteiger partial charge in [-0.05, 0) is 46.2 Å². The number of hydrogen-bond acceptors (Lipinski definition) is 0. The fraction of sp³-hybridized carbons (Fsp3) is 0.250. The van der Waals surface area contributed by atoms with Gasteiger partial charge in [0.2, 0.25) is 0 Å². The standard InChI is InChI=1S/C16H15/c1-11(2)12-7-8-16-14(9-12)10-13-5-3-4-6-15(13)16/h3-8,11H,10H2,1-2H3. The average molecular weight is 207 g/mol. The molecule has 16 heavy (non-hydrogen) atoms. The van der Waals surface area contributed by atoms with E-state index in [1.807, 2.05) is 0 Å². The van der Waals surface area contributed by atoms with Crippen LogP contribution in [-0.4, -0.2) is 0 Å². The molecule has 0 heteroatoms. The molecule has 0 aliphatic heterocycles. The highest BCUT2D eigenvalue weighted by Gasteiger charge is 2.18. The molecule has 0 saturated heterocycles. The minimum absolute atomic E-state index is 0.564. The highest BCUT2D eigenvalue weighted by Crippen LogP contribution is 2.37. The van der Waals surface area contributed by atoms with Crippen molar-refractivity contribution in [2.75, 3.05) is 0 Å². The van der Waals surface area contributed by atoms with E-state index < -0.39 is 0 Å². The van der Waals surface area contributed by atoms with E-state index in [-0.39, 0.29) is 0 Å². The molecule has 1 aliphatic carbocycles. The van der Waals surface area contributed by atoms with E-state index in [9.17, 15) is 0 Å². The summed E-state index contributed by atoms with van der Waals surface area (Å²) in [5.74, 6) is 0.564. The van der Waals surface area contributed by atoms with Crippen molar-refractivity contribution in [2.45, 2.75) is 26.2 Å². The van der Waals surface area contributed by atoms with Crippen molar-refractivity contribution in [2.24, 2.45) is 0 Å². The third-order valence-corrected chi connectivity index (χ3v) is 3.35. The summed E-state index contributed by atoms with van der Waals surface area (Å²) in [5.41, 5.74) is 6.90. The van der Waals surface area contributed by atoms with Crippen LogP contribution in [0.2, 0.25) is 0 Å². The zero-order valence-electron chi connectivity index (χ0n) is 9.75. The number of fused-ring (bicyclic) bond motifs is 3. The van der Waals surface area contributed by atoms with E-state index in [0.717, 1.165) is 6.42 Å². The third-order valence-electron chi connectivity index (χ3n) is 3.35. The maximum Gasteiger partial charge on any atom is -0.000718 e. The van der Waals surface area contributed by atoms with E-state index in [1.54, 1.807) is 0 Å². The highest BCUT2D eigenvalue weighted by molar-refractivity contribution is 5.76. The van der Waals surface area contributed by atoms with Crippen LogP contribution in [-0.2, 0) is 6.42 Å². The van der Waals surface area contributed by atoms with Crippen LogP contribution in [0.5, 0.6) is 0 Å². The van der Waals surface area contributed by atoms with Crippen LogP contribution in [0.1, 0.15) is 36.5 Å². The predicted octanol–water partition coefficient (Wildman–Crippen LogP) is 4.18. The molecule has 0 heterocycles. The Morgan fingerprint density at radius 2 is 1.81 bits per heavy atom. The van der Waals surface area contributed by atoms with Gasteiger partial charge in [0, 0.05) is 0 Å². The van der Waals surface area contributed by atoms with Gasteiger partial charge in [-0.1, -0.05) is 50.2 Å². The normalized spacial score (nSPS) is 12.7. The minimum atomic E-state index is 0.564. The van der Waals surface area contributed by atoms with Crippen molar-refractivity contribution in [3.63, 3.8) is 0 Å². The second-order valence-electron chi connectivity index (χ2n) is 4.79. The quantitative estimate of drug-likeness (QED) is 0.561. The van der Waals surface area contributed by atoms with Crippen LogP contribution in [0.3, 0.4) is 0 Å². The number of benzene rings is 2. The van der Waals surface area contributed by atoms with Crippen molar-refractivity contribution in [3.8, 4) is 11.1 Å². The van der Waals surface area contributed by atoms with Crippen LogP contribution in [0.15, 0.2) is 36.4 Å². The third kappa shape index (κ3) is 1.37. The molecular formula is C16H15. The average Bonchev–Trinajstić information content (AvgIpc) is 2.66. The van der Waals surface area contributed by atoms with Gasteiger partial charge in [-0.25, -0.2) is 0 Å². The van der Waals surface area contributed by atoms with Gasteiger partial charge in [-0.15, -0.1) is 0 Å². The maximum absolute atomic E-state index is 3.57. The first-order valence-electron chi connectivity index (χ1n) is 5.89. The Labute approximate surface area is 96.9 Å². The van der Waals surface area contributed by atoms with Crippen molar-refractivity contribution < 1.29 is 0 Å². The summed E-state index contributed by atoms with van der Waals surface area (Å²) >= 11 is 0. The summed E-state index contributed by atoms with van der Waals surface area (Å²) < 4.78 is 0. The minimum Gasteiger partial charge on any atom is -0.0619 e. The first-order valence-corrected chi connectivity index (χ1v) is 5.89. The Kier molecular flexibility index (Phi) is 2.10. The molecule has 0 atom stereocenters. The second kappa shape index (κ2) is 3.48. The molecule has 3 rings (SSSR count). The van der Waals surface area contributed by atoms with Crippen LogP contribution in [0.25, 0.3) is 11.1 Å². The molecule has 79 valence electrons. The van der Waals surface area contributed by atoms with Crippen molar-refractivity contribution in [3.05, 3.63) is 59.2 Å². The predicted molar refractivity (Wildman–Crippen MR) is 67.6 cm³/mol. The summed E-state index contributed by atoms with van der Waals surface area (Å²) in [4.78, 5) is 0. The summed E-state index contributed by atoms with van der Waals surface area (Å²) in [6.45, 7) is 4.45. The Morgan fingerprint density at radius 1 is 1.00 bits per heavy atom. The molecular weight excluding hydrogens is 192 g/mol. The van der Waals surface area contributed by atoms with Crippen LogP contribution < -0.4 is 0 Å². The molecule has 0 spiro atoms. The van der Waals surface area contributed by atoms with Gasteiger partial charge in [-0.2, -0.15) is 0 Å². The Hall–Kier alpha value is -1.56. The Morgan fingerprint density at radius 3 is 2.62 bits per heavy atom. The lowest BCUT2D eigenvalue weighted by atomic mass is 9.97. The van der Waals surface area contributed by atoms with E-state index in [4.69, 9.17) is 0 Å². The zero-order chi connectivity index (χ0) is 11.1. The fourth-order valence-corrected chi connectivity index (χ4v) is 2.41. The van der Waals surface area contributed by atoms with E-state index in [2.05, 4.69) is 56.3 Å². The monoisotopic (exact) mass is 207 g/mol. The molecule has 0 aromatic heterocycles. The highest BCUT2D eigenvalue weighted by atomic mass is 14.2. The summed E-state index contributed by atoms with van der Waals surface area (Å²) in [7, 11) is 0. The van der Waals surface area contributed by atoms with Gasteiger partial charge in [0.25, 0.3) is 0 Å². The lowest BCUT2D eigenvalue weighted by Gasteiger charge is -2.07. The van der Waals surface area contributed by atoms with Crippen molar-refractivity contribution in [1.82, 2.24) is 0 Å². The van der Waals surface area contributed by atoms with Gasteiger partial charge in [0.1, 0.15) is 0 Å². The Bertz CT molecular complexity index is 535. The van der Waals surface area contributed by atoms with Gasteiger partial charge in [0.05, 0.1) is 0 Å². The van der Waals surface area contributed by atoms with E-state index >= 15 is 0 Å². The maximum atomic E-state index is 3.57. The summed E-state index contributed by atoms with van der Waals surface area (Å²) in [6, 6.07) is 16.7. The largest absolute Gasteiger partial charge is 0.0619 e. The second-order valence-corrected chi connectivity index (χ2v) is 4.79.